The van der Waals surface area contributed by atoms with Crippen molar-refractivity contribution in [2.75, 3.05) is 0 Å². The van der Waals surface area contributed by atoms with Crippen LogP contribution in [0.2, 0.25) is 0 Å². The van der Waals surface area contributed by atoms with Crippen LogP contribution in [0.5, 0.6) is 0 Å². The Hall–Kier alpha value is -0.0400. The van der Waals surface area contributed by atoms with Gasteiger partial charge in [0.2, 0.25) is 0 Å². The second-order valence-electron chi connectivity index (χ2n) is 6.39. The van der Waals surface area contributed by atoms with Crippen molar-refractivity contribution in [2.45, 2.75) is 80.9 Å². The molecule has 1 nitrogen and oxygen atoms in total. The van der Waals surface area contributed by atoms with Crippen LogP contribution in [0.15, 0.2) is 0 Å². The second-order valence-corrected chi connectivity index (χ2v) is 6.39. The van der Waals surface area contributed by atoms with Crippen molar-refractivity contribution >= 4 is 0 Å². The molecule has 0 bridgehead atoms. The Kier molecular flexibility index (Phi) is 9.43. The summed E-state index contributed by atoms with van der Waals surface area (Å²) in [4.78, 5) is 0. The van der Waals surface area contributed by atoms with Crippen LogP contribution in [0, 0.1) is 11.3 Å². The summed E-state index contributed by atoms with van der Waals surface area (Å²) in [5.41, 5.74) is 0.522. The molecule has 1 heteroatoms. The Bertz CT molecular complexity index is 123. The van der Waals surface area contributed by atoms with Crippen LogP contribution in [-0.2, 0) is 4.74 Å². The predicted molar refractivity (Wildman–Crippen MR) is 70.3 cm³/mol. The maximum absolute atomic E-state index is 5.25. The van der Waals surface area contributed by atoms with E-state index in [1.54, 1.807) is 0 Å². The summed E-state index contributed by atoms with van der Waals surface area (Å²) in [5.74, 6) is 0.843. The van der Waals surface area contributed by atoms with Gasteiger partial charge in [0.15, 0.2) is 0 Å². The number of hydrogen-bond acceptors (Lipinski definition) is 1. The molecule has 15 heavy (non-hydrogen) atoms. The van der Waals surface area contributed by atoms with Gasteiger partial charge < -0.3 is 4.74 Å². The topological polar surface area (TPSA) is 9.23 Å². The Morgan fingerprint density at radius 3 is 1.13 bits per heavy atom. The summed E-state index contributed by atoms with van der Waals surface area (Å²) in [6.45, 7) is 19.6. The maximum Gasteiger partial charge on any atom is 0.0522 e. The fraction of sp³-hybridized carbons (Fsp3) is 1.00. The van der Waals surface area contributed by atoms with E-state index in [-0.39, 0.29) is 0 Å². The molecule has 0 aliphatic rings. The highest BCUT2D eigenvalue weighted by Crippen LogP contribution is 2.23. The lowest BCUT2D eigenvalue weighted by molar-refractivity contribution is 0.0300. The molecule has 0 rings (SSSR count). The number of hydrogen-bond donors (Lipinski definition) is 0. The molecule has 0 spiro atoms. The first-order valence-electron chi connectivity index (χ1n) is 6.20. The molecular formula is C14H32O. The standard InChI is InChI=1S/C8H18.C6H14O/c1-7(2)6-8(3,4)5;1-5(2)7-6(3)4/h7H,6H2,1-5H3;5-6H,1-4H3. The third kappa shape index (κ3) is 24.9. The van der Waals surface area contributed by atoms with Gasteiger partial charge in [0.1, 0.15) is 0 Å². The van der Waals surface area contributed by atoms with E-state index in [0.29, 0.717) is 17.6 Å². The van der Waals surface area contributed by atoms with E-state index >= 15 is 0 Å². The molecule has 0 radical (unpaired) electrons. The molecule has 0 fully saturated rings. The van der Waals surface area contributed by atoms with Crippen molar-refractivity contribution in [1.29, 1.82) is 0 Å². The van der Waals surface area contributed by atoms with E-state index in [9.17, 15) is 0 Å². The largest absolute Gasteiger partial charge is 0.376 e. The molecule has 0 aliphatic heterocycles. The summed E-state index contributed by atoms with van der Waals surface area (Å²) in [7, 11) is 0. The van der Waals surface area contributed by atoms with Crippen LogP contribution in [-0.4, -0.2) is 12.2 Å². The first-order valence-corrected chi connectivity index (χ1v) is 6.20. The van der Waals surface area contributed by atoms with Crippen LogP contribution in [0.1, 0.15) is 68.7 Å². The fourth-order valence-electron chi connectivity index (χ4n) is 1.77. The number of rotatable bonds is 3. The quantitative estimate of drug-likeness (QED) is 0.652. The van der Waals surface area contributed by atoms with Crippen LogP contribution in [0.4, 0.5) is 0 Å². The third-order valence-electron chi connectivity index (χ3n) is 1.56. The monoisotopic (exact) mass is 216 g/mol. The minimum Gasteiger partial charge on any atom is -0.376 e. The molecule has 0 N–H and O–H groups in total. The van der Waals surface area contributed by atoms with Gasteiger partial charge in [0.25, 0.3) is 0 Å². The zero-order valence-corrected chi connectivity index (χ0v) is 12.3. The van der Waals surface area contributed by atoms with Gasteiger partial charge in [0.05, 0.1) is 12.2 Å². The molecule has 0 amide bonds. The van der Waals surface area contributed by atoms with E-state index in [0.717, 1.165) is 5.92 Å². The maximum atomic E-state index is 5.25. The Morgan fingerprint density at radius 2 is 1.13 bits per heavy atom. The van der Waals surface area contributed by atoms with Crippen LogP contribution in [0.3, 0.4) is 0 Å². The molecule has 0 unspecified atom stereocenters. The van der Waals surface area contributed by atoms with Crippen LogP contribution < -0.4 is 0 Å². The van der Waals surface area contributed by atoms with Crippen molar-refractivity contribution < 1.29 is 4.74 Å². The lowest BCUT2D eigenvalue weighted by Crippen LogP contribution is -2.09. The Morgan fingerprint density at radius 1 is 0.800 bits per heavy atom. The summed E-state index contributed by atoms with van der Waals surface area (Å²) < 4.78 is 5.25. The second kappa shape index (κ2) is 8.15. The van der Waals surface area contributed by atoms with E-state index < -0.39 is 0 Å². The zero-order valence-electron chi connectivity index (χ0n) is 12.3. The average molecular weight is 216 g/mol. The zero-order chi connectivity index (χ0) is 12.6. The molecule has 0 aliphatic carbocycles. The van der Waals surface area contributed by atoms with E-state index in [2.05, 4.69) is 34.6 Å². The molecule has 94 valence electrons. The van der Waals surface area contributed by atoms with Crippen molar-refractivity contribution in [3.8, 4) is 0 Å². The molecule has 0 aromatic carbocycles. The summed E-state index contributed by atoms with van der Waals surface area (Å²) in [6.07, 6.45) is 2.08. The lowest BCUT2D eigenvalue weighted by Gasteiger charge is -2.19. The number of ether oxygens (including phenoxy) is 1. The van der Waals surface area contributed by atoms with Gasteiger partial charge in [-0.2, -0.15) is 0 Å². The minimum atomic E-state index is 0.375. The van der Waals surface area contributed by atoms with Gasteiger partial charge >= 0.3 is 0 Å². The normalized spacial score (nSPS) is 12.0. The first-order chi connectivity index (χ1) is 6.54. The molecular weight excluding hydrogens is 184 g/mol. The van der Waals surface area contributed by atoms with Gasteiger partial charge in [-0.05, 0) is 45.4 Å². The molecule has 0 saturated carbocycles. The molecule has 0 atom stereocenters. The van der Waals surface area contributed by atoms with E-state index in [1.165, 1.54) is 6.42 Å². The summed E-state index contributed by atoms with van der Waals surface area (Å²) in [6, 6.07) is 0. The van der Waals surface area contributed by atoms with Gasteiger partial charge in [-0.1, -0.05) is 34.6 Å². The minimum absolute atomic E-state index is 0.375. The van der Waals surface area contributed by atoms with E-state index in [4.69, 9.17) is 4.74 Å². The molecule has 0 saturated heterocycles. The van der Waals surface area contributed by atoms with Gasteiger partial charge in [-0.3, -0.25) is 0 Å². The fourth-order valence-corrected chi connectivity index (χ4v) is 1.77. The Labute approximate surface area is 97.6 Å². The van der Waals surface area contributed by atoms with Crippen LogP contribution in [0.25, 0.3) is 0 Å². The molecule has 0 aromatic heterocycles. The van der Waals surface area contributed by atoms with Crippen molar-refractivity contribution in [2.24, 2.45) is 11.3 Å². The summed E-state index contributed by atoms with van der Waals surface area (Å²) >= 11 is 0. The van der Waals surface area contributed by atoms with Gasteiger partial charge in [-0.15, -0.1) is 0 Å². The SMILES string of the molecule is CC(C)CC(C)(C)C.CC(C)OC(C)C. The lowest BCUT2D eigenvalue weighted by atomic mass is 9.86. The van der Waals surface area contributed by atoms with Crippen molar-refractivity contribution in [3.05, 3.63) is 0 Å². The van der Waals surface area contributed by atoms with Gasteiger partial charge in [0, 0.05) is 0 Å². The molecule has 0 heterocycles. The van der Waals surface area contributed by atoms with Crippen LogP contribution >= 0.6 is 0 Å². The highest BCUT2D eigenvalue weighted by molar-refractivity contribution is 4.62. The predicted octanol–water partition coefficient (Wildman–Crippen LogP) is 4.90. The van der Waals surface area contributed by atoms with Gasteiger partial charge in [-0.25, -0.2) is 0 Å². The highest BCUT2D eigenvalue weighted by atomic mass is 16.5. The third-order valence-corrected chi connectivity index (χ3v) is 1.56. The highest BCUT2D eigenvalue weighted by Gasteiger charge is 2.11. The summed E-state index contributed by atoms with van der Waals surface area (Å²) in [5, 5.41) is 0. The smallest absolute Gasteiger partial charge is 0.0522 e. The first kappa shape index (κ1) is 17.4. The van der Waals surface area contributed by atoms with Crippen molar-refractivity contribution in [3.63, 3.8) is 0 Å². The van der Waals surface area contributed by atoms with Crippen molar-refractivity contribution in [1.82, 2.24) is 0 Å². The average Bonchev–Trinajstić information content (AvgIpc) is 1.76. The van der Waals surface area contributed by atoms with E-state index in [1.807, 2.05) is 27.7 Å². The molecule has 0 aromatic rings. The Balaban J connectivity index is 0.